The Morgan fingerprint density at radius 2 is 1.44 bits per heavy atom. The van der Waals surface area contributed by atoms with Crippen LogP contribution in [0.15, 0.2) is 17.1 Å². The molecule has 0 saturated carbocycles. The largest absolute Gasteiger partial charge is 0.307 e. The first-order valence-corrected chi connectivity index (χ1v) is 13.9. The Balaban J connectivity index is 2.03. The highest BCUT2D eigenvalue weighted by molar-refractivity contribution is 5.78. The number of nitrogens with one attached hydrogen (secondary N) is 1. The Bertz CT molecular complexity index is 543. The Hall–Kier alpha value is -1.16. The molecule has 1 aliphatic heterocycles. The van der Waals surface area contributed by atoms with E-state index in [4.69, 9.17) is 4.99 Å². The first kappa shape index (κ1) is 28.9. The number of allylic oxidation sites excluding steroid dienone is 2. The van der Waals surface area contributed by atoms with Gasteiger partial charge in [-0.3, -0.25) is 9.28 Å². The minimum Gasteiger partial charge on any atom is -0.307 e. The SMILES string of the molecule is CCCCCCCCCCCCC/C=C/CCCCC1=NCC[N+]1(CC)C(C)NC(C)=O. The molecule has 1 N–H and O–H groups in total. The minimum atomic E-state index is 0.0534. The van der Waals surface area contributed by atoms with Gasteiger partial charge in [-0.05, 0) is 39.0 Å². The molecule has 32 heavy (non-hydrogen) atoms. The molecule has 0 bridgehead atoms. The summed E-state index contributed by atoms with van der Waals surface area (Å²) in [6.45, 7) is 11.2. The molecule has 0 saturated heterocycles. The lowest BCUT2D eigenvalue weighted by Crippen LogP contribution is -2.62. The number of amides is 1. The van der Waals surface area contributed by atoms with Crippen molar-refractivity contribution >= 4 is 11.7 Å². The predicted octanol–water partition coefficient (Wildman–Crippen LogP) is 7.54. The fourth-order valence-electron chi connectivity index (χ4n) is 5.09. The number of aliphatic imine (C=N–C) groups is 1. The van der Waals surface area contributed by atoms with E-state index in [0.717, 1.165) is 30.5 Å². The van der Waals surface area contributed by atoms with E-state index in [-0.39, 0.29) is 12.1 Å². The molecule has 0 fully saturated rings. The summed E-state index contributed by atoms with van der Waals surface area (Å²) in [5.74, 6) is 1.34. The summed E-state index contributed by atoms with van der Waals surface area (Å²) in [5, 5.41) is 3.11. The quantitative estimate of drug-likeness (QED) is 0.117. The zero-order valence-electron chi connectivity index (χ0n) is 22.0. The minimum absolute atomic E-state index is 0.0534. The van der Waals surface area contributed by atoms with Crippen molar-refractivity contribution in [1.29, 1.82) is 0 Å². The Morgan fingerprint density at radius 1 is 0.906 bits per heavy atom. The van der Waals surface area contributed by atoms with Crippen LogP contribution >= 0.6 is 0 Å². The standard InChI is InChI=1S/C28H53N3O/c1-5-7-8-9-10-11-12-13-14-15-16-17-18-19-20-21-22-23-28-29-24-25-31(28,6-2)26(3)30-27(4)32/h18-19,26H,5-17,20-25H2,1-4H3/p+1/b19-18+. The summed E-state index contributed by atoms with van der Waals surface area (Å²) in [6.07, 6.45) is 26.4. The predicted molar refractivity (Wildman–Crippen MR) is 140 cm³/mol. The molecular weight excluding hydrogens is 394 g/mol. The maximum atomic E-state index is 11.5. The third-order valence-corrected chi connectivity index (χ3v) is 7.19. The van der Waals surface area contributed by atoms with Crippen molar-refractivity contribution in [2.24, 2.45) is 4.99 Å². The normalized spacial score (nSPS) is 19.4. The van der Waals surface area contributed by atoms with E-state index in [2.05, 4.69) is 38.2 Å². The topological polar surface area (TPSA) is 41.5 Å². The van der Waals surface area contributed by atoms with Crippen LogP contribution in [-0.2, 0) is 4.79 Å². The van der Waals surface area contributed by atoms with Crippen molar-refractivity contribution < 1.29 is 9.28 Å². The number of amidine groups is 1. The third-order valence-electron chi connectivity index (χ3n) is 7.19. The number of hydrogen-bond donors (Lipinski definition) is 1. The molecule has 4 heteroatoms. The average molecular weight is 449 g/mol. The summed E-state index contributed by atoms with van der Waals surface area (Å²) in [4.78, 5) is 16.4. The van der Waals surface area contributed by atoms with Crippen LogP contribution in [0.4, 0.5) is 0 Å². The fourth-order valence-corrected chi connectivity index (χ4v) is 5.09. The molecule has 1 rings (SSSR count). The molecule has 0 aromatic rings. The van der Waals surface area contributed by atoms with Gasteiger partial charge in [-0.2, -0.15) is 0 Å². The lowest BCUT2D eigenvalue weighted by Gasteiger charge is -2.39. The average Bonchev–Trinajstić information content (AvgIpc) is 3.19. The number of carbonyl (C=O) groups is 1. The van der Waals surface area contributed by atoms with E-state index in [1.54, 1.807) is 6.92 Å². The number of hydrogen-bond acceptors (Lipinski definition) is 2. The Morgan fingerprint density at radius 3 is 1.97 bits per heavy atom. The first-order chi connectivity index (χ1) is 15.6. The Labute approximate surface area is 199 Å². The molecule has 2 unspecified atom stereocenters. The number of quaternary nitrogens is 1. The van der Waals surface area contributed by atoms with Crippen molar-refractivity contribution in [3.8, 4) is 0 Å². The van der Waals surface area contributed by atoms with Crippen molar-refractivity contribution in [2.75, 3.05) is 19.6 Å². The molecule has 4 nitrogen and oxygen atoms in total. The van der Waals surface area contributed by atoms with Gasteiger partial charge in [0.25, 0.3) is 0 Å². The van der Waals surface area contributed by atoms with Crippen LogP contribution < -0.4 is 5.32 Å². The van der Waals surface area contributed by atoms with Crippen LogP contribution in [0.3, 0.4) is 0 Å². The van der Waals surface area contributed by atoms with E-state index in [1.807, 2.05) is 0 Å². The lowest BCUT2D eigenvalue weighted by molar-refractivity contribution is -0.861. The second kappa shape index (κ2) is 18.3. The summed E-state index contributed by atoms with van der Waals surface area (Å²) >= 11 is 0. The van der Waals surface area contributed by atoms with Gasteiger partial charge in [0.1, 0.15) is 6.54 Å². The molecule has 1 aliphatic rings. The number of unbranched alkanes of at least 4 members (excludes halogenated alkanes) is 13. The van der Waals surface area contributed by atoms with Gasteiger partial charge in [-0.25, -0.2) is 4.99 Å². The molecule has 0 aliphatic carbocycles. The second-order valence-corrected chi connectivity index (χ2v) is 9.79. The van der Waals surface area contributed by atoms with Crippen LogP contribution in [-0.4, -0.2) is 42.0 Å². The summed E-state index contributed by atoms with van der Waals surface area (Å²) in [6, 6.07) is 0. The highest BCUT2D eigenvalue weighted by atomic mass is 16.1. The number of nitrogens with zero attached hydrogens (tertiary/aromatic N) is 2. The second-order valence-electron chi connectivity index (χ2n) is 9.79. The van der Waals surface area contributed by atoms with Crippen molar-refractivity contribution in [3.05, 3.63) is 12.2 Å². The molecule has 0 spiro atoms. The van der Waals surface area contributed by atoms with Gasteiger partial charge in [0.15, 0.2) is 12.0 Å². The maximum Gasteiger partial charge on any atom is 0.221 e. The zero-order valence-corrected chi connectivity index (χ0v) is 22.0. The van der Waals surface area contributed by atoms with E-state index >= 15 is 0 Å². The summed E-state index contributed by atoms with van der Waals surface area (Å²) in [5.41, 5.74) is 0. The zero-order chi connectivity index (χ0) is 23.5. The van der Waals surface area contributed by atoms with Gasteiger partial charge in [-0.1, -0.05) is 83.3 Å². The van der Waals surface area contributed by atoms with Crippen LogP contribution in [0.1, 0.15) is 130 Å². The highest BCUT2D eigenvalue weighted by Crippen LogP contribution is 2.23. The van der Waals surface area contributed by atoms with Gasteiger partial charge in [0.2, 0.25) is 5.91 Å². The summed E-state index contributed by atoms with van der Waals surface area (Å²) < 4.78 is 0.842. The van der Waals surface area contributed by atoms with Gasteiger partial charge in [0.05, 0.1) is 13.1 Å². The van der Waals surface area contributed by atoms with Crippen molar-refractivity contribution in [3.63, 3.8) is 0 Å². The third kappa shape index (κ3) is 11.6. The van der Waals surface area contributed by atoms with E-state index in [0.29, 0.717) is 0 Å². The number of likely N-dealkylation sites (N-methyl/N-ethyl adjacent to an activating group) is 1. The molecule has 0 radical (unpaired) electrons. The Kier molecular flexibility index (Phi) is 16.5. The lowest BCUT2D eigenvalue weighted by atomic mass is 10.1. The van der Waals surface area contributed by atoms with E-state index < -0.39 is 0 Å². The number of rotatable bonds is 20. The molecule has 0 aromatic heterocycles. The smallest absolute Gasteiger partial charge is 0.221 e. The molecule has 2 atom stereocenters. The molecular formula is C28H54N3O+. The van der Waals surface area contributed by atoms with Crippen molar-refractivity contribution in [2.45, 2.75) is 137 Å². The van der Waals surface area contributed by atoms with Crippen LogP contribution in [0.5, 0.6) is 0 Å². The first-order valence-electron chi connectivity index (χ1n) is 13.9. The molecule has 186 valence electrons. The summed E-state index contributed by atoms with van der Waals surface area (Å²) in [7, 11) is 0. The van der Waals surface area contributed by atoms with E-state index in [1.165, 1.54) is 102 Å². The van der Waals surface area contributed by atoms with Gasteiger partial charge < -0.3 is 5.32 Å². The van der Waals surface area contributed by atoms with Crippen LogP contribution in [0.2, 0.25) is 0 Å². The monoisotopic (exact) mass is 448 g/mol. The van der Waals surface area contributed by atoms with E-state index in [9.17, 15) is 4.79 Å². The van der Waals surface area contributed by atoms with Gasteiger partial charge in [0, 0.05) is 20.3 Å². The highest BCUT2D eigenvalue weighted by Gasteiger charge is 2.41. The maximum absolute atomic E-state index is 11.5. The molecule has 0 aromatic carbocycles. The molecule has 1 amide bonds. The fraction of sp³-hybridized carbons (Fsp3) is 0.857. The van der Waals surface area contributed by atoms with Crippen LogP contribution in [0, 0.1) is 0 Å². The van der Waals surface area contributed by atoms with Gasteiger partial charge >= 0.3 is 0 Å². The van der Waals surface area contributed by atoms with Crippen LogP contribution in [0.25, 0.3) is 0 Å². The molecule has 1 heterocycles. The van der Waals surface area contributed by atoms with Crippen molar-refractivity contribution in [1.82, 2.24) is 5.32 Å². The van der Waals surface area contributed by atoms with Gasteiger partial charge in [-0.15, -0.1) is 0 Å². The number of carbonyl (C=O) groups excluding carboxylic acids is 1.